The SMILES string of the molecule is CC(C)c1ncoc1C(=O)N1CCCCC1. The number of piperidine rings is 1. The van der Waals surface area contributed by atoms with Gasteiger partial charge in [-0.15, -0.1) is 0 Å². The number of hydrogen-bond donors (Lipinski definition) is 0. The summed E-state index contributed by atoms with van der Waals surface area (Å²) in [7, 11) is 0. The molecule has 1 aliphatic heterocycles. The Kier molecular flexibility index (Phi) is 3.27. The summed E-state index contributed by atoms with van der Waals surface area (Å²) < 4.78 is 5.24. The number of hydrogen-bond acceptors (Lipinski definition) is 3. The maximum atomic E-state index is 12.2. The van der Waals surface area contributed by atoms with E-state index in [0.29, 0.717) is 5.76 Å². The van der Waals surface area contributed by atoms with Crippen molar-refractivity contribution in [3.8, 4) is 0 Å². The summed E-state index contributed by atoms with van der Waals surface area (Å²) in [5, 5.41) is 0. The van der Waals surface area contributed by atoms with E-state index in [1.54, 1.807) is 0 Å². The maximum absolute atomic E-state index is 12.2. The first-order chi connectivity index (χ1) is 7.70. The zero-order chi connectivity index (χ0) is 11.5. The van der Waals surface area contributed by atoms with Crippen molar-refractivity contribution in [2.24, 2.45) is 0 Å². The fourth-order valence-electron chi connectivity index (χ4n) is 2.07. The Morgan fingerprint density at radius 2 is 2.06 bits per heavy atom. The molecule has 0 atom stereocenters. The molecule has 1 fully saturated rings. The van der Waals surface area contributed by atoms with Crippen LogP contribution in [0.5, 0.6) is 0 Å². The second kappa shape index (κ2) is 4.68. The molecule has 88 valence electrons. The van der Waals surface area contributed by atoms with Gasteiger partial charge in [-0.3, -0.25) is 4.79 Å². The van der Waals surface area contributed by atoms with Gasteiger partial charge in [-0.1, -0.05) is 13.8 Å². The third kappa shape index (κ3) is 2.10. The number of likely N-dealkylation sites (tertiary alicyclic amines) is 1. The van der Waals surface area contributed by atoms with E-state index in [1.165, 1.54) is 12.8 Å². The summed E-state index contributed by atoms with van der Waals surface area (Å²) in [5.41, 5.74) is 0.774. The third-order valence-corrected chi connectivity index (χ3v) is 2.98. The van der Waals surface area contributed by atoms with Crippen LogP contribution in [0.2, 0.25) is 0 Å². The Labute approximate surface area is 95.6 Å². The van der Waals surface area contributed by atoms with E-state index in [2.05, 4.69) is 4.98 Å². The van der Waals surface area contributed by atoms with E-state index in [1.807, 2.05) is 18.7 Å². The second-order valence-corrected chi connectivity index (χ2v) is 4.57. The first-order valence-electron chi connectivity index (χ1n) is 5.93. The lowest BCUT2D eigenvalue weighted by molar-refractivity contribution is 0.0690. The zero-order valence-electron chi connectivity index (χ0n) is 9.90. The molecular weight excluding hydrogens is 204 g/mol. The highest BCUT2D eigenvalue weighted by molar-refractivity contribution is 5.92. The number of amides is 1. The normalized spacial score (nSPS) is 16.8. The number of aromatic nitrogens is 1. The molecule has 0 saturated carbocycles. The minimum absolute atomic E-state index is 0.000833. The molecule has 0 unspecified atom stereocenters. The van der Waals surface area contributed by atoms with E-state index >= 15 is 0 Å². The van der Waals surface area contributed by atoms with Crippen LogP contribution < -0.4 is 0 Å². The van der Waals surface area contributed by atoms with E-state index < -0.39 is 0 Å². The number of rotatable bonds is 2. The standard InChI is InChI=1S/C12H18N2O2/c1-9(2)10-11(16-8-13-10)12(15)14-6-4-3-5-7-14/h8-9H,3-7H2,1-2H3. The predicted octanol–water partition coefficient (Wildman–Crippen LogP) is 2.42. The Morgan fingerprint density at radius 3 is 2.69 bits per heavy atom. The van der Waals surface area contributed by atoms with Gasteiger partial charge in [0.1, 0.15) is 0 Å². The van der Waals surface area contributed by atoms with Gasteiger partial charge in [0.25, 0.3) is 5.91 Å². The molecular formula is C12H18N2O2. The summed E-state index contributed by atoms with van der Waals surface area (Å²) in [6.07, 6.45) is 4.78. The maximum Gasteiger partial charge on any atom is 0.291 e. The highest BCUT2D eigenvalue weighted by Crippen LogP contribution is 2.20. The molecule has 16 heavy (non-hydrogen) atoms. The predicted molar refractivity (Wildman–Crippen MR) is 60.3 cm³/mol. The molecule has 2 heterocycles. The van der Waals surface area contributed by atoms with Crippen LogP contribution >= 0.6 is 0 Å². The molecule has 1 saturated heterocycles. The first-order valence-corrected chi connectivity index (χ1v) is 5.93. The van der Waals surface area contributed by atoms with Crippen LogP contribution in [0.15, 0.2) is 10.8 Å². The highest BCUT2D eigenvalue weighted by Gasteiger charge is 2.25. The van der Waals surface area contributed by atoms with Crippen LogP contribution in [-0.4, -0.2) is 28.9 Å². The monoisotopic (exact) mass is 222 g/mol. The van der Waals surface area contributed by atoms with Crippen molar-refractivity contribution in [3.05, 3.63) is 17.8 Å². The molecule has 4 heteroatoms. The molecule has 4 nitrogen and oxygen atoms in total. The summed E-state index contributed by atoms with van der Waals surface area (Å²) in [4.78, 5) is 18.2. The van der Waals surface area contributed by atoms with Gasteiger partial charge in [-0.2, -0.15) is 0 Å². The van der Waals surface area contributed by atoms with Crippen molar-refractivity contribution < 1.29 is 9.21 Å². The average molecular weight is 222 g/mol. The lowest BCUT2D eigenvalue weighted by Crippen LogP contribution is -2.35. The van der Waals surface area contributed by atoms with Gasteiger partial charge < -0.3 is 9.32 Å². The summed E-state index contributed by atoms with van der Waals surface area (Å²) in [5.74, 6) is 0.653. The molecule has 0 aliphatic carbocycles. The molecule has 0 bridgehead atoms. The van der Waals surface area contributed by atoms with Crippen molar-refractivity contribution in [2.45, 2.75) is 39.0 Å². The van der Waals surface area contributed by atoms with Crippen LogP contribution in [0.1, 0.15) is 55.3 Å². The van der Waals surface area contributed by atoms with Gasteiger partial charge in [0.05, 0.1) is 5.69 Å². The quantitative estimate of drug-likeness (QED) is 0.772. The number of carbonyl (C=O) groups excluding carboxylic acids is 1. The Balaban J connectivity index is 2.16. The molecule has 0 aromatic carbocycles. The Hall–Kier alpha value is -1.32. The molecule has 1 aliphatic rings. The minimum atomic E-state index is 0.000833. The van der Waals surface area contributed by atoms with E-state index in [0.717, 1.165) is 31.6 Å². The van der Waals surface area contributed by atoms with E-state index in [4.69, 9.17) is 4.42 Å². The topological polar surface area (TPSA) is 46.3 Å². The lowest BCUT2D eigenvalue weighted by atomic mass is 10.1. The molecule has 1 amide bonds. The van der Waals surface area contributed by atoms with Crippen molar-refractivity contribution in [1.82, 2.24) is 9.88 Å². The smallest absolute Gasteiger partial charge is 0.291 e. The fourth-order valence-corrected chi connectivity index (χ4v) is 2.07. The van der Waals surface area contributed by atoms with Crippen LogP contribution in [0.25, 0.3) is 0 Å². The minimum Gasteiger partial charge on any atom is -0.438 e. The molecule has 0 N–H and O–H groups in total. The van der Waals surface area contributed by atoms with Crippen LogP contribution in [0.3, 0.4) is 0 Å². The summed E-state index contributed by atoms with van der Waals surface area (Å²) in [6, 6.07) is 0. The number of carbonyl (C=O) groups is 1. The molecule has 0 spiro atoms. The molecule has 1 aromatic heterocycles. The Bertz CT molecular complexity index is 365. The van der Waals surface area contributed by atoms with E-state index in [-0.39, 0.29) is 11.8 Å². The first kappa shape index (κ1) is 11.2. The van der Waals surface area contributed by atoms with Crippen LogP contribution in [-0.2, 0) is 0 Å². The van der Waals surface area contributed by atoms with Gasteiger partial charge >= 0.3 is 0 Å². The Morgan fingerprint density at radius 1 is 1.38 bits per heavy atom. The van der Waals surface area contributed by atoms with Gasteiger partial charge in [0, 0.05) is 13.1 Å². The van der Waals surface area contributed by atoms with Gasteiger partial charge in [0.2, 0.25) is 5.76 Å². The van der Waals surface area contributed by atoms with Gasteiger partial charge in [-0.05, 0) is 25.2 Å². The zero-order valence-corrected chi connectivity index (χ0v) is 9.90. The molecule has 1 aromatic rings. The lowest BCUT2D eigenvalue weighted by Gasteiger charge is -2.26. The average Bonchev–Trinajstić information content (AvgIpc) is 2.78. The molecule has 2 rings (SSSR count). The van der Waals surface area contributed by atoms with Crippen LogP contribution in [0.4, 0.5) is 0 Å². The largest absolute Gasteiger partial charge is 0.438 e. The molecule has 0 radical (unpaired) electrons. The van der Waals surface area contributed by atoms with Gasteiger partial charge in [-0.25, -0.2) is 4.98 Å². The summed E-state index contributed by atoms with van der Waals surface area (Å²) >= 11 is 0. The van der Waals surface area contributed by atoms with Crippen molar-refractivity contribution in [1.29, 1.82) is 0 Å². The van der Waals surface area contributed by atoms with Crippen molar-refractivity contribution in [3.63, 3.8) is 0 Å². The number of oxazole rings is 1. The fraction of sp³-hybridized carbons (Fsp3) is 0.667. The second-order valence-electron chi connectivity index (χ2n) is 4.57. The number of nitrogens with zero attached hydrogens (tertiary/aromatic N) is 2. The van der Waals surface area contributed by atoms with Crippen molar-refractivity contribution in [2.75, 3.05) is 13.1 Å². The van der Waals surface area contributed by atoms with E-state index in [9.17, 15) is 4.79 Å². The highest BCUT2D eigenvalue weighted by atomic mass is 16.3. The van der Waals surface area contributed by atoms with Crippen molar-refractivity contribution >= 4 is 5.91 Å². The van der Waals surface area contributed by atoms with Crippen LogP contribution in [0, 0.1) is 0 Å². The summed E-state index contributed by atoms with van der Waals surface area (Å²) in [6.45, 7) is 5.73. The third-order valence-electron chi connectivity index (χ3n) is 2.98. The van der Waals surface area contributed by atoms with Gasteiger partial charge in [0.15, 0.2) is 6.39 Å².